The lowest BCUT2D eigenvalue weighted by atomic mass is 9.88. The van der Waals surface area contributed by atoms with E-state index < -0.39 is 34.8 Å². The van der Waals surface area contributed by atoms with Gasteiger partial charge in [-0.25, -0.2) is 4.99 Å². The van der Waals surface area contributed by atoms with E-state index in [9.17, 15) is 22.8 Å². The van der Waals surface area contributed by atoms with Gasteiger partial charge in [-0.05, 0) is 64.7 Å². The molecule has 1 aromatic carbocycles. The predicted octanol–water partition coefficient (Wildman–Crippen LogP) is 3.79. The maximum absolute atomic E-state index is 13.4. The predicted molar refractivity (Wildman–Crippen MR) is 131 cm³/mol. The molecule has 2 aliphatic heterocycles. The lowest BCUT2D eigenvalue weighted by Gasteiger charge is -2.39. The molecule has 0 saturated heterocycles. The van der Waals surface area contributed by atoms with Crippen LogP contribution in [0.3, 0.4) is 0 Å². The fourth-order valence-corrected chi connectivity index (χ4v) is 5.49. The number of nitrogens with two attached hydrogens (primary N) is 1. The van der Waals surface area contributed by atoms with Gasteiger partial charge in [-0.2, -0.15) is 13.2 Å². The third-order valence-electron chi connectivity index (χ3n) is 7.25. The van der Waals surface area contributed by atoms with Crippen LogP contribution in [0.4, 0.5) is 13.2 Å². The van der Waals surface area contributed by atoms with Crippen molar-refractivity contribution < 1.29 is 32.2 Å². The average Bonchev–Trinajstić information content (AvgIpc) is 3.54. The number of carbonyl (C=O) groups is 2. The molecular weight excluding hydrogens is 489 g/mol. The van der Waals surface area contributed by atoms with Crippen molar-refractivity contribution in [2.75, 3.05) is 13.7 Å². The summed E-state index contributed by atoms with van der Waals surface area (Å²) in [4.78, 5) is 32.3. The first-order valence-corrected chi connectivity index (χ1v) is 12.5. The molecule has 1 fully saturated rings. The molecular formula is C26H35F3N4O4. The molecule has 4 atom stereocenters. The average molecular weight is 525 g/mol. The summed E-state index contributed by atoms with van der Waals surface area (Å²) in [6, 6.07) is 2.34. The number of halogens is 3. The highest BCUT2D eigenvalue weighted by Crippen LogP contribution is 2.47. The fourth-order valence-electron chi connectivity index (χ4n) is 5.49. The molecule has 4 unspecified atom stereocenters. The second-order valence-corrected chi connectivity index (χ2v) is 11.5. The molecule has 11 heteroatoms. The van der Waals surface area contributed by atoms with E-state index in [-0.39, 0.29) is 36.2 Å². The van der Waals surface area contributed by atoms with Gasteiger partial charge in [-0.1, -0.05) is 0 Å². The van der Waals surface area contributed by atoms with Crippen molar-refractivity contribution in [3.63, 3.8) is 0 Å². The van der Waals surface area contributed by atoms with Gasteiger partial charge < -0.3 is 20.5 Å². The van der Waals surface area contributed by atoms with Crippen LogP contribution in [0.1, 0.15) is 70.5 Å². The van der Waals surface area contributed by atoms with E-state index in [2.05, 4.69) is 10.3 Å². The van der Waals surface area contributed by atoms with E-state index in [1.807, 2.05) is 27.7 Å². The molecule has 8 nitrogen and oxygen atoms in total. The third kappa shape index (κ3) is 5.86. The number of hydrogen-bond donors (Lipinski definition) is 2. The van der Waals surface area contributed by atoms with Crippen molar-refractivity contribution in [2.45, 2.75) is 82.8 Å². The number of guanidine groups is 1. The van der Waals surface area contributed by atoms with E-state index in [0.717, 1.165) is 12.1 Å². The Morgan fingerprint density at radius 1 is 1.32 bits per heavy atom. The first-order valence-electron chi connectivity index (χ1n) is 12.5. The van der Waals surface area contributed by atoms with Crippen LogP contribution in [0, 0.1) is 11.8 Å². The largest absolute Gasteiger partial charge is 0.487 e. The van der Waals surface area contributed by atoms with Gasteiger partial charge in [0.1, 0.15) is 11.4 Å². The highest BCUT2D eigenvalue weighted by Gasteiger charge is 2.52. The van der Waals surface area contributed by atoms with E-state index >= 15 is 0 Å². The zero-order valence-corrected chi connectivity index (χ0v) is 21.8. The zero-order valence-electron chi connectivity index (χ0n) is 21.8. The van der Waals surface area contributed by atoms with Gasteiger partial charge in [0.2, 0.25) is 11.8 Å². The van der Waals surface area contributed by atoms with Gasteiger partial charge in [0.25, 0.3) is 0 Å². The van der Waals surface area contributed by atoms with E-state index in [4.69, 9.17) is 15.2 Å². The Kier molecular flexibility index (Phi) is 6.98. The van der Waals surface area contributed by atoms with Crippen LogP contribution < -0.4 is 15.8 Å². The van der Waals surface area contributed by atoms with Crippen LogP contribution in [0.5, 0.6) is 5.75 Å². The van der Waals surface area contributed by atoms with Crippen molar-refractivity contribution >= 4 is 17.8 Å². The molecule has 1 aliphatic carbocycles. The molecule has 0 bridgehead atoms. The molecule has 1 saturated carbocycles. The number of nitrogens with one attached hydrogen (secondary N) is 1. The summed E-state index contributed by atoms with van der Waals surface area (Å²) in [6.07, 6.45) is -2.98. The highest BCUT2D eigenvalue weighted by atomic mass is 19.4. The molecule has 0 radical (unpaired) electrons. The Balaban J connectivity index is 1.54. The number of hydrogen-bond acceptors (Lipinski definition) is 6. The number of benzene rings is 1. The Morgan fingerprint density at radius 2 is 2.03 bits per heavy atom. The summed E-state index contributed by atoms with van der Waals surface area (Å²) >= 11 is 0. The standard InChI is InChI=1S/C26H35F3N4O4/c1-24(2)13-21(34)33(23(30)32-24)19(8-9-36-5)15-11-16(15)22(35)31-18-12-25(3,4)37-20-7-6-14(10-17(18)20)26(27,28)29/h6-7,10,15-16,18-19H,8-9,11-13H2,1-5H3,(H2,30,32)(H,31,35). The van der Waals surface area contributed by atoms with E-state index in [0.29, 0.717) is 37.2 Å². The van der Waals surface area contributed by atoms with Crippen molar-refractivity contribution in [2.24, 2.45) is 22.6 Å². The molecule has 37 heavy (non-hydrogen) atoms. The van der Waals surface area contributed by atoms with Crippen LogP contribution in [-0.4, -0.2) is 53.6 Å². The number of methoxy groups -OCH3 is 1. The van der Waals surface area contributed by atoms with Crippen molar-refractivity contribution in [1.82, 2.24) is 10.2 Å². The van der Waals surface area contributed by atoms with E-state index in [1.54, 1.807) is 7.11 Å². The second kappa shape index (κ2) is 9.49. The van der Waals surface area contributed by atoms with Crippen molar-refractivity contribution in [3.05, 3.63) is 29.3 Å². The summed E-state index contributed by atoms with van der Waals surface area (Å²) in [5, 5.41) is 2.97. The number of alkyl halides is 3. The molecule has 3 aliphatic rings. The fraction of sp³-hybridized carbons (Fsp3) is 0.654. The lowest BCUT2D eigenvalue weighted by molar-refractivity contribution is -0.137. The zero-order chi connectivity index (χ0) is 27.3. The lowest BCUT2D eigenvalue weighted by Crippen LogP contribution is -2.55. The summed E-state index contributed by atoms with van der Waals surface area (Å²) in [6.45, 7) is 7.71. The summed E-state index contributed by atoms with van der Waals surface area (Å²) in [5.74, 6) is -0.526. The summed E-state index contributed by atoms with van der Waals surface area (Å²) in [7, 11) is 1.56. The van der Waals surface area contributed by atoms with Gasteiger partial charge in [0.05, 0.1) is 23.6 Å². The summed E-state index contributed by atoms with van der Waals surface area (Å²) in [5.41, 5.74) is 4.44. The normalized spacial score (nSPS) is 27.0. The number of carbonyl (C=O) groups excluding carboxylic acids is 2. The maximum Gasteiger partial charge on any atom is 0.416 e. The Bertz CT molecular complexity index is 1100. The van der Waals surface area contributed by atoms with Gasteiger partial charge in [0, 0.05) is 37.7 Å². The number of rotatable bonds is 7. The van der Waals surface area contributed by atoms with Crippen molar-refractivity contribution in [1.29, 1.82) is 0 Å². The van der Waals surface area contributed by atoms with Gasteiger partial charge in [0.15, 0.2) is 5.96 Å². The summed E-state index contributed by atoms with van der Waals surface area (Å²) < 4.78 is 51.3. The first kappa shape index (κ1) is 27.2. The molecule has 1 aromatic rings. The van der Waals surface area contributed by atoms with Gasteiger partial charge >= 0.3 is 6.18 Å². The minimum atomic E-state index is -4.51. The Labute approximate surface area is 214 Å². The number of amides is 2. The number of aliphatic imine (C=N–C) groups is 1. The quantitative estimate of drug-likeness (QED) is 0.565. The number of fused-ring (bicyclic) bond motifs is 1. The third-order valence-corrected chi connectivity index (χ3v) is 7.25. The highest BCUT2D eigenvalue weighted by molar-refractivity contribution is 5.99. The van der Waals surface area contributed by atoms with Crippen LogP contribution in [0.25, 0.3) is 0 Å². The molecule has 0 spiro atoms. The first-order chi connectivity index (χ1) is 17.1. The smallest absolute Gasteiger partial charge is 0.416 e. The molecule has 204 valence electrons. The van der Waals surface area contributed by atoms with E-state index in [1.165, 1.54) is 11.0 Å². The number of nitrogens with zero attached hydrogens (tertiary/aromatic N) is 2. The topological polar surface area (TPSA) is 106 Å². The molecule has 3 N–H and O–H groups in total. The SMILES string of the molecule is COCCC(C1CC1C(=O)NC1CC(C)(C)Oc2ccc(C(F)(F)F)cc21)N1C(=O)CC(C)(C)N=C1N. The number of ether oxygens (including phenoxy) is 2. The van der Waals surface area contributed by atoms with Crippen LogP contribution >= 0.6 is 0 Å². The van der Waals surface area contributed by atoms with Crippen LogP contribution in [0.2, 0.25) is 0 Å². The Morgan fingerprint density at radius 3 is 2.65 bits per heavy atom. The molecule has 2 heterocycles. The van der Waals surface area contributed by atoms with Crippen molar-refractivity contribution in [3.8, 4) is 5.75 Å². The molecule has 2 amide bonds. The van der Waals surface area contributed by atoms with Gasteiger partial charge in [-0.15, -0.1) is 0 Å². The molecule has 0 aromatic heterocycles. The second-order valence-electron chi connectivity index (χ2n) is 11.5. The monoisotopic (exact) mass is 524 g/mol. The maximum atomic E-state index is 13.4. The Hall–Kier alpha value is -2.82. The van der Waals surface area contributed by atoms with Gasteiger partial charge in [-0.3, -0.25) is 14.5 Å². The van der Waals surface area contributed by atoms with Crippen LogP contribution in [-0.2, 0) is 20.5 Å². The minimum Gasteiger partial charge on any atom is -0.487 e. The van der Waals surface area contributed by atoms with Crippen LogP contribution in [0.15, 0.2) is 23.2 Å². The molecule has 4 rings (SSSR count). The minimum absolute atomic E-state index is 0.133.